The molecule has 0 aliphatic carbocycles. The van der Waals surface area contributed by atoms with Gasteiger partial charge in [0.15, 0.2) is 0 Å². The van der Waals surface area contributed by atoms with Gasteiger partial charge in [0.25, 0.3) is 33.1 Å². The van der Waals surface area contributed by atoms with E-state index in [0.717, 1.165) is 11.0 Å². The molecule has 418 valence electrons. The molecule has 93 heavy (non-hydrogen) atoms. The van der Waals surface area contributed by atoms with Crippen LogP contribution < -0.4 is 27.4 Å². The van der Waals surface area contributed by atoms with Crippen LogP contribution in [0.3, 0.4) is 0 Å². The van der Waals surface area contributed by atoms with E-state index in [1.165, 1.54) is 209 Å². The molecule has 23 heterocycles. The van der Waals surface area contributed by atoms with E-state index in [4.69, 9.17) is 0 Å². The maximum atomic E-state index is 3.60. The van der Waals surface area contributed by atoms with Crippen LogP contribution in [-0.4, -0.2) is 37.4 Å². The summed E-state index contributed by atoms with van der Waals surface area (Å²) in [5.74, 6) is -2.65. The Morgan fingerprint density at radius 1 is 0.226 bits per heavy atom. The molecule has 7 aromatic carbocycles. The van der Waals surface area contributed by atoms with Crippen molar-refractivity contribution in [2.24, 2.45) is 0 Å². The smallest absolute Gasteiger partial charge is 0.361 e. The zero-order valence-corrected chi connectivity index (χ0v) is 48.7. The van der Waals surface area contributed by atoms with Crippen LogP contribution in [0, 0.1) is 0 Å². The third kappa shape index (κ3) is 3.53. The lowest BCUT2D eigenvalue weighted by molar-refractivity contribution is -0.965. The van der Waals surface area contributed by atoms with Crippen LogP contribution in [0.1, 0.15) is 0 Å². The molecule has 21 aromatic rings. The lowest BCUT2D eigenvalue weighted by Gasteiger charge is -2.34. The summed E-state index contributed by atoms with van der Waals surface area (Å²) in [4.78, 5) is 7.19. The molecule has 0 bridgehead atoms. The Labute approximate surface area is 519 Å². The van der Waals surface area contributed by atoms with Crippen molar-refractivity contribution >= 4 is 153 Å². The Morgan fingerprint density at radius 3 is 0.742 bits per heavy atom. The molecule has 0 fully saturated rings. The van der Waals surface area contributed by atoms with E-state index < -0.39 is 17.7 Å². The minimum absolute atomic E-state index is 0.850. The lowest BCUT2D eigenvalue weighted by atomic mass is 9.91. The van der Waals surface area contributed by atoms with Crippen molar-refractivity contribution in [1.82, 2.24) is 37.4 Å². The second kappa shape index (κ2) is 12.2. The van der Waals surface area contributed by atoms with Crippen LogP contribution in [0.4, 0.5) is 0 Å². The fourth-order valence-electron chi connectivity index (χ4n) is 22.0. The number of benzene rings is 7. The highest BCUT2D eigenvalue weighted by Crippen LogP contribution is 2.58. The molecule has 0 saturated heterocycles. The first-order chi connectivity index (χ1) is 46.1. The highest BCUT2D eigenvalue weighted by Gasteiger charge is 2.74. The van der Waals surface area contributed by atoms with E-state index in [-0.39, 0.29) is 0 Å². The number of hydrogen-bond acceptors (Lipinski definition) is 0. The SMILES string of the molecule is c1cc2c3c4c(ccn4C45n6ccc7c8c9c(ccn9C9%10n%11ccc%12c%13c%14c(ccn%14C%14%15n%16ccc%17cc%18[nH]ccc%18c(c%17%16)-c%16ccc%17ccc%18ccc-%13[n+]%14c%18c%17[n+]%16%15)c(c%12%11)-c%11ccc%12ccc%13ccc-8[n+]9c%13c%12[n+]%11%10)c(c76)-c6ccc7ccc8ccc-3[n+]4c8c7[n+]65)cc2[nH]1. The van der Waals surface area contributed by atoms with Gasteiger partial charge in [0.1, 0.15) is 0 Å². The molecule has 9 aliphatic rings. The van der Waals surface area contributed by atoms with Crippen LogP contribution >= 0.6 is 0 Å². The third-order valence-corrected chi connectivity index (χ3v) is 24.8. The number of pyridine rings is 6. The van der Waals surface area contributed by atoms with Gasteiger partial charge in [-0.3, -0.25) is 0 Å². The van der Waals surface area contributed by atoms with Crippen molar-refractivity contribution in [2.45, 2.75) is 17.7 Å². The normalized spacial score (nSPS) is 19.5. The molecule has 0 amide bonds. The van der Waals surface area contributed by atoms with Crippen LogP contribution in [0.2, 0.25) is 0 Å². The first-order valence-corrected chi connectivity index (χ1v) is 32.4. The number of aromatic nitrogens is 14. The van der Waals surface area contributed by atoms with E-state index in [1.54, 1.807) is 0 Å². The van der Waals surface area contributed by atoms with Gasteiger partial charge in [-0.25, -0.2) is 27.4 Å². The Bertz CT molecular complexity index is 7310. The fraction of sp³-hybridized carbons (Fsp3) is 0.0380. The van der Waals surface area contributed by atoms with Crippen molar-refractivity contribution in [1.29, 1.82) is 0 Å². The first kappa shape index (κ1) is 42.3. The van der Waals surface area contributed by atoms with E-state index in [0.29, 0.717) is 0 Å². The van der Waals surface area contributed by atoms with Crippen molar-refractivity contribution < 1.29 is 27.4 Å². The summed E-state index contributed by atoms with van der Waals surface area (Å²) in [7, 11) is 0. The highest BCUT2D eigenvalue weighted by atomic mass is 15.6. The second-order valence-corrected chi connectivity index (χ2v) is 27.9. The number of H-pyrrole nitrogens is 2. The van der Waals surface area contributed by atoms with Gasteiger partial charge < -0.3 is 9.97 Å². The predicted molar refractivity (Wildman–Crippen MR) is 354 cm³/mol. The van der Waals surface area contributed by atoms with Crippen LogP contribution in [0.25, 0.3) is 220 Å². The topological polar surface area (TPSA) is 84.4 Å². The van der Waals surface area contributed by atoms with E-state index >= 15 is 0 Å². The van der Waals surface area contributed by atoms with E-state index in [2.05, 4.69) is 284 Å². The van der Waals surface area contributed by atoms with Gasteiger partial charge in [0, 0.05) is 140 Å². The minimum Gasteiger partial charge on any atom is -0.361 e. The molecular weight excluding hydrogens is 1140 g/mol. The Hall–Kier alpha value is -12.7. The zero-order valence-electron chi connectivity index (χ0n) is 48.7. The van der Waals surface area contributed by atoms with Gasteiger partial charge in [0.2, 0.25) is 34.2 Å². The third-order valence-electron chi connectivity index (χ3n) is 24.8. The number of nitrogens with zero attached hydrogens (tertiary/aromatic N) is 12. The Kier molecular flexibility index (Phi) is 5.57. The second-order valence-electron chi connectivity index (χ2n) is 27.9. The molecule has 9 aliphatic heterocycles. The molecule has 0 saturated carbocycles. The highest BCUT2D eigenvalue weighted by molar-refractivity contribution is 6.24. The fourth-order valence-corrected chi connectivity index (χ4v) is 22.0. The van der Waals surface area contributed by atoms with Crippen molar-refractivity contribution in [2.75, 3.05) is 0 Å². The van der Waals surface area contributed by atoms with Crippen molar-refractivity contribution in [3.8, 4) is 67.5 Å². The number of fused-ring (bicyclic) bond motifs is 14. The molecule has 2 atom stereocenters. The maximum absolute atomic E-state index is 3.60. The van der Waals surface area contributed by atoms with Gasteiger partial charge >= 0.3 is 17.7 Å². The molecular formula is C79H38N14+6. The summed E-state index contributed by atoms with van der Waals surface area (Å²) in [6.45, 7) is 0. The van der Waals surface area contributed by atoms with Crippen molar-refractivity contribution in [3.63, 3.8) is 0 Å². The van der Waals surface area contributed by atoms with Crippen LogP contribution in [0.5, 0.6) is 0 Å². The van der Waals surface area contributed by atoms with Gasteiger partial charge in [-0.1, -0.05) is 27.4 Å². The molecule has 14 heteroatoms. The first-order valence-electron chi connectivity index (χ1n) is 32.4. The van der Waals surface area contributed by atoms with Crippen molar-refractivity contribution in [3.05, 3.63) is 219 Å². The van der Waals surface area contributed by atoms with Crippen LogP contribution in [-0.2, 0) is 17.7 Å². The molecule has 2 unspecified atom stereocenters. The average Bonchev–Trinajstić information content (AvgIpc) is 1.48. The maximum Gasteiger partial charge on any atom is 0.553 e. The van der Waals surface area contributed by atoms with Gasteiger partial charge in [0.05, 0.1) is 98.8 Å². The largest absolute Gasteiger partial charge is 0.553 e. The number of aromatic amines is 2. The Morgan fingerprint density at radius 2 is 0.462 bits per heavy atom. The number of nitrogens with one attached hydrogen (secondary N) is 2. The average molecular weight is 1180 g/mol. The summed E-state index contributed by atoms with van der Waals surface area (Å²) in [5, 5.41) is 17.2. The Balaban J connectivity index is 0.763. The molecule has 0 radical (unpaired) electrons. The molecule has 2 N–H and O–H groups in total. The quantitative estimate of drug-likeness (QED) is 0.112. The summed E-state index contributed by atoms with van der Waals surface area (Å²) in [6, 6.07) is 66.7. The number of rotatable bonds is 0. The predicted octanol–water partition coefficient (Wildman–Crippen LogP) is 12.5. The zero-order chi connectivity index (χ0) is 58.4. The van der Waals surface area contributed by atoms with Crippen LogP contribution in [0.15, 0.2) is 219 Å². The summed E-state index contributed by atoms with van der Waals surface area (Å²) in [5.41, 5.74) is 32.1. The molecule has 30 rings (SSSR count). The van der Waals surface area contributed by atoms with Gasteiger partial charge in [-0.05, 0) is 133 Å². The summed E-state index contributed by atoms with van der Waals surface area (Å²) < 4.78 is 32.2. The molecule has 14 nitrogen and oxygen atoms in total. The summed E-state index contributed by atoms with van der Waals surface area (Å²) >= 11 is 0. The minimum atomic E-state index is -0.948. The lowest BCUT2D eigenvalue weighted by Crippen LogP contribution is -2.80. The standard InChI is InChI=1S/C79H36N14/c1-3-39-9-15-55-61-49-25-33-86-75(49)63(47-23-31-84(73(47)61)77-82-29-21-43-35-51-45(19-27-80-51)59(65(43)82)53-13-7-37(1)67(88(53)77)69(39)90(55)77)57-17-11-41-5-6-42-12-18-58-64-48-24-32-85-74(48)62(50-26-34-87(76(50)64)79(86)92(57)71(41)72(42)93(58)79)56-16-10-40-4-2-38-8-14-54-60-46-20-28-81-52(46)36-44-22-30-83(66(44)60)78(85)89(54)68(38)70(40)91(56)78/h1-36H/q+4/p+2. The molecule has 14 aromatic heterocycles. The van der Waals surface area contributed by atoms with E-state index in [1.807, 2.05) is 0 Å². The van der Waals surface area contributed by atoms with E-state index in [9.17, 15) is 0 Å². The van der Waals surface area contributed by atoms with Gasteiger partial charge in [-0.15, -0.1) is 0 Å². The van der Waals surface area contributed by atoms with Gasteiger partial charge in [-0.2, -0.15) is 0 Å². The monoisotopic (exact) mass is 1180 g/mol. The number of hydrogen-bond donors (Lipinski definition) is 2. The summed E-state index contributed by atoms with van der Waals surface area (Å²) in [6.07, 6.45) is 18.7. The molecule has 3 spiro atoms.